The second kappa shape index (κ2) is 5.53. The second-order valence-electron chi connectivity index (χ2n) is 4.26. The lowest BCUT2D eigenvalue weighted by atomic mass is 9.86. The number of halogens is 1. The molecule has 1 saturated carbocycles. The largest absolute Gasteiger partial charge is 0.459 e. The van der Waals surface area contributed by atoms with Gasteiger partial charge in [0.15, 0.2) is 5.76 Å². The van der Waals surface area contributed by atoms with Gasteiger partial charge < -0.3 is 9.73 Å². The normalized spacial score (nSPS) is 25.3. The molecule has 0 aliphatic heterocycles. The maximum absolute atomic E-state index is 11.8. The third-order valence-corrected chi connectivity index (χ3v) is 4.00. The Bertz CT molecular complexity index is 337. The Labute approximate surface area is 104 Å². The summed E-state index contributed by atoms with van der Waals surface area (Å²) in [4.78, 5) is 11.8. The summed E-state index contributed by atoms with van der Waals surface area (Å²) in [5, 5.41) is 4.01. The molecule has 0 spiro atoms. The van der Waals surface area contributed by atoms with Crippen LogP contribution in [-0.4, -0.2) is 17.3 Å². The molecule has 1 aromatic rings. The van der Waals surface area contributed by atoms with Crippen LogP contribution in [0.2, 0.25) is 0 Å². The molecule has 0 saturated heterocycles. The van der Waals surface area contributed by atoms with Gasteiger partial charge in [-0.2, -0.15) is 0 Å². The Kier molecular flexibility index (Phi) is 4.04. The number of hydrogen-bond acceptors (Lipinski definition) is 2. The van der Waals surface area contributed by atoms with Crippen molar-refractivity contribution in [3.05, 3.63) is 24.2 Å². The molecule has 1 amide bonds. The van der Waals surface area contributed by atoms with Crippen molar-refractivity contribution in [1.29, 1.82) is 0 Å². The van der Waals surface area contributed by atoms with E-state index < -0.39 is 0 Å². The third-order valence-electron chi connectivity index (χ3n) is 3.17. The maximum atomic E-state index is 11.8. The number of amides is 1. The summed E-state index contributed by atoms with van der Waals surface area (Å²) in [5.74, 6) is 0.856. The monoisotopic (exact) mass is 285 g/mol. The minimum atomic E-state index is -0.0946. The second-order valence-corrected chi connectivity index (χ2v) is 4.90. The van der Waals surface area contributed by atoms with Gasteiger partial charge in [-0.3, -0.25) is 4.79 Å². The van der Waals surface area contributed by atoms with E-state index in [0.29, 0.717) is 11.7 Å². The van der Waals surface area contributed by atoms with Gasteiger partial charge in [0.1, 0.15) is 0 Å². The van der Waals surface area contributed by atoms with Gasteiger partial charge >= 0.3 is 0 Å². The molecule has 88 valence electrons. The van der Waals surface area contributed by atoms with Gasteiger partial charge in [-0.15, -0.1) is 0 Å². The Morgan fingerprint density at radius 1 is 1.50 bits per heavy atom. The lowest BCUT2D eigenvalue weighted by molar-refractivity contribution is 0.0883. The molecular formula is C12H16BrNO2. The van der Waals surface area contributed by atoms with Crippen molar-refractivity contribution >= 4 is 21.8 Å². The molecule has 2 rings (SSSR count). The molecule has 1 fully saturated rings. The van der Waals surface area contributed by atoms with E-state index in [-0.39, 0.29) is 11.9 Å². The molecule has 0 bridgehead atoms. The average molecular weight is 286 g/mol. The zero-order chi connectivity index (χ0) is 11.4. The van der Waals surface area contributed by atoms with E-state index in [1.165, 1.54) is 25.5 Å². The van der Waals surface area contributed by atoms with Gasteiger partial charge in [0.25, 0.3) is 5.91 Å². The van der Waals surface area contributed by atoms with Crippen molar-refractivity contribution in [2.75, 3.05) is 5.33 Å². The molecule has 0 aromatic carbocycles. The molecule has 2 atom stereocenters. The predicted molar refractivity (Wildman–Crippen MR) is 65.7 cm³/mol. The lowest BCUT2D eigenvalue weighted by Gasteiger charge is -2.30. The standard InChI is InChI=1S/C12H16BrNO2/c13-8-9-4-1-2-5-10(9)14-12(15)11-6-3-7-16-11/h3,6-7,9-10H,1-2,4-5,8H2,(H,14,15). The van der Waals surface area contributed by atoms with Crippen LogP contribution in [0.4, 0.5) is 0 Å². The zero-order valence-corrected chi connectivity index (χ0v) is 10.7. The molecule has 1 N–H and O–H groups in total. The minimum absolute atomic E-state index is 0.0946. The Balaban J connectivity index is 1.95. The first-order valence-corrected chi connectivity index (χ1v) is 6.83. The molecule has 1 aliphatic carbocycles. The van der Waals surface area contributed by atoms with Gasteiger partial charge in [-0.1, -0.05) is 28.8 Å². The summed E-state index contributed by atoms with van der Waals surface area (Å²) in [6, 6.07) is 3.71. The van der Waals surface area contributed by atoms with Gasteiger partial charge in [0.2, 0.25) is 0 Å². The van der Waals surface area contributed by atoms with Crippen LogP contribution in [0.1, 0.15) is 36.2 Å². The molecule has 4 heteroatoms. The summed E-state index contributed by atoms with van der Waals surface area (Å²) in [6.07, 6.45) is 6.25. The molecule has 16 heavy (non-hydrogen) atoms. The molecule has 3 nitrogen and oxygen atoms in total. The van der Waals surface area contributed by atoms with E-state index in [1.807, 2.05) is 0 Å². The smallest absolute Gasteiger partial charge is 0.287 e. The van der Waals surface area contributed by atoms with Crippen LogP contribution >= 0.6 is 15.9 Å². The van der Waals surface area contributed by atoms with Crippen LogP contribution in [-0.2, 0) is 0 Å². The lowest BCUT2D eigenvalue weighted by Crippen LogP contribution is -2.42. The molecule has 0 radical (unpaired) electrons. The van der Waals surface area contributed by atoms with Gasteiger partial charge in [0.05, 0.1) is 6.26 Å². The van der Waals surface area contributed by atoms with Crippen molar-refractivity contribution in [2.24, 2.45) is 5.92 Å². The van der Waals surface area contributed by atoms with Crippen LogP contribution in [0.5, 0.6) is 0 Å². The maximum Gasteiger partial charge on any atom is 0.287 e. The number of carbonyl (C=O) groups is 1. The minimum Gasteiger partial charge on any atom is -0.459 e. The summed E-state index contributed by atoms with van der Waals surface area (Å²) in [6.45, 7) is 0. The molecule has 2 unspecified atom stereocenters. The van der Waals surface area contributed by atoms with Crippen molar-refractivity contribution in [3.63, 3.8) is 0 Å². The van der Waals surface area contributed by atoms with Crippen LogP contribution in [0, 0.1) is 5.92 Å². The highest BCUT2D eigenvalue weighted by atomic mass is 79.9. The van der Waals surface area contributed by atoms with Crippen LogP contribution in [0.15, 0.2) is 22.8 Å². The van der Waals surface area contributed by atoms with Gasteiger partial charge in [0, 0.05) is 11.4 Å². The first-order valence-electron chi connectivity index (χ1n) is 5.71. The Morgan fingerprint density at radius 3 is 3.00 bits per heavy atom. The van der Waals surface area contributed by atoms with Gasteiger partial charge in [-0.05, 0) is 30.9 Å². The highest BCUT2D eigenvalue weighted by Gasteiger charge is 2.26. The first kappa shape index (κ1) is 11.7. The molecule has 1 heterocycles. The van der Waals surface area contributed by atoms with E-state index >= 15 is 0 Å². The SMILES string of the molecule is O=C(NC1CCCCC1CBr)c1ccco1. The van der Waals surface area contributed by atoms with Crippen LogP contribution in [0.3, 0.4) is 0 Å². The molecule has 1 aromatic heterocycles. The number of nitrogens with one attached hydrogen (secondary N) is 1. The summed E-state index contributed by atoms with van der Waals surface area (Å²) in [5.41, 5.74) is 0. The Morgan fingerprint density at radius 2 is 2.31 bits per heavy atom. The fourth-order valence-corrected chi connectivity index (χ4v) is 3.00. The number of hydrogen-bond donors (Lipinski definition) is 1. The fraction of sp³-hybridized carbons (Fsp3) is 0.583. The summed E-state index contributed by atoms with van der Waals surface area (Å²) in [7, 11) is 0. The summed E-state index contributed by atoms with van der Waals surface area (Å²) < 4.78 is 5.08. The van der Waals surface area contributed by atoms with E-state index in [1.54, 1.807) is 12.1 Å². The fourth-order valence-electron chi connectivity index (χ4n) is 2.23. The number of alkyl halides is 1. The average Bonchev–Trinajstić information content (AvgIpc) is 2.83. The molecular weight excluding hydrogens is 270 g/mol. The highest BCUT2D eigenvalue weighted by molar-refractivity contribution is 9.09. The van der Waals surface area contributed by atoms with E-state index in [9.17, 15) is 4.79 Å². The third kappa shape index (κ3) is 2.67. The van der Waals surface area contributed by atoms with Crippen molar-refractivity contribution in [1.82, 2.24) is 5.32 Å². The topological polar surface area (TPSA) is 42.2 Å². The quantitative estimate of drug-likeness (QED) is 0.868. The number of carbonyl (C=O) groups excluding carboxylic acids is 1. The highest BCUT2D eigenvalue weighted by Crippen LogP contribution is 2.26. The Hall–Kier alpha value is -0.770. The first-order chi connectivity index (χ1) is 7.81. The molecule has 1 aliphatic rings. The van der Waals surface area contributed by atoms with E-state index in [4.69, 9.17) is 4.42 Å². The van der Waals surface area contributed by atoms with Crippen molar-refractivity contribution in [3.8, 4) is 0 Å². The number of furan rings is 1. The van der Waals surface area contributed by atoms with Crippen LogP contribution < -0.4 is 5.32 Å². The van der Waals surface area contributed by atoms with E-state index in [0.717, 1.165) is 11.8 Å². The van der Waals surface area contributed by atoms with Crippen LogP contribution in [0.25, 0.3) is 0 Å². The predicted octanol–water partition coefficient (Wildman–Crippen LogP) is 2.96. The summed E-state index contributed by atoms with van der Waals surface area (Å²) >= 11 is 3.52. The van der Waals surface area contributed by atoms with Crippen molar-refractivity contribution < 1.29 is 9.21 Å². The van der Waals surface area contributed by atoms with E-state index in [2.05, 4.69) is 21.2 Å². The number of rotatable bonds is 3. The zero-order valence-electron chi connectivity index (χ0n) is 9.12. The van der Waals surface area contributed by atoms with Crippen molar-refractivity contribution in [2.45, 2.75) is 31.7 Å². The van der Waals surface area contributed by atoms with Gasteiger partial charge in [-0.25, -0.2) is 0 Å².